The van der Waals surface area contributed by atoms with Crippen LogP contribution in [0.5, 0.6) is 5.75 Å². The van der Waals surface area contributed by atoms with E-state index in [4.69, 9.17) is 22.1 Å². The number of halogens is 1. The van der Waals surface area contributed by atoms with Crippen LogP contribution >= 0.6 is 11.6 Å². The maximum Gasteiger partial charge on any atom is 0.143 e. The maximum atomic E-state index is 6.19. The molecule has 0 aliphatic heterocycles. The SMILES string of the molecule is COc1cccc(NC(C)c2ccccc2Cl)c1N. The van der Waals surface area contributed by atoms with Gasteiger partial charge in [-0.25, -0.2) is 0 Å². The fourth-order valence-electron chi connectivity index (χ4n) is 1.99. The topological polar surface area (TPSA) is 47.3 Å². The molecular weight excluding hydrogens is 260 g/mol. The standard InChI is InChI=1S/C15H17ClN2O/c1-10(11-6-3-4-7-12(11)16)18-13-8-5-9-14(19-2)15(13)17/h3-10,18H,17H2,1-2H3. The van der Waals surface area contributed by atoms with E-state index < -0.39 is 0 Å². The van der Waals surface area contributed by atoms with Crippen LogP contribution in [0, 0.1) is 0 Å². The molecule has 0 heterocycles. The van der Waals surface area contributed by atoms with Crippen molar-refractivity contribution in [1.29, 1.82) is 0 Å². The summed E-state index contributed by atoms with van der Waals surface area (Å²) in [6, 6.07) is 13.5. The summed E-state index contributed by atoms with van der Waals surface area (Å²) in [4.78, 5) is 0. The maximum absolute atomic E-state index is 6.19. The minimum atomic E-state index is 0.0584. The van der Waals surface area contributed by atoms with Crippen LogP contribution in [0.4, 0.5) is 11.4 Å². The summed E-state index contributed by atoms with van der Waals surface area (Å²) >= 11 is 6.19. The van der Waals surface area contributed by atoms with Crippen LogP contribution in [0.2, 0.25) is 5.02 Å². The van der Waals surface area contributed by atoms with Crippen LogP contribution in [0.25, 0.3) is 0 Å². The molecule has 19 heavy (non-hydrogen) atoms. The lowest BCUT2D eigenvalue weighted by Crippen LogP contribution is -2.09. The molecule has 0 saturated heterocycles. The first kappa shape index (κ1) is 13.6. The van der Waals surface area contributed by atoms with Gasteiger partial charge in [0, 0.05) is 5.02 Å². The van der Waals surface area contributed by atoms with E-state index in [0.717, 1.165) is 16.3 Å². The van der Waals surface area contributed by atoms with Crippen molar-refractivity contribution in [3.63, 3.8) is 0 Å². The summed E-state index contributed by atoms with van der Waals surface area (Å²) in [6.07, 6.45) is 0. The number of nitrogens with two attached hydrogens (primary N) is 1. The van der Waals surface area contributed by atoms with Gasteiger partial charge in [0.05, 0.1) is 24.5 Å². The fourth-order valence-corrected chi connectivity index (χ4v) is 2.28. The van der Waals surface area contributed by atoms with Crippen molar-refractivity contribution in [3.05, 3.63) is 53.1 Å². The molecule has 0 saturated carbocycles. The van der Waals surface area contributed by atoms with Gasteiger partial charge in [-0.05, 0) is 30.7 Å². The number of hydrogen-bond acceptors (Lipinski definition) is 3. The average molecular weight is 277 g/mol. The summed E-state index contributed by atoms with van der Waals surface area (Å²) in [7, 11) is 1.60. The van der Waals surface area contributed by atoms with Gasteiger partial charge >= 0.3 is 0 Å². The molecule has 3 nitrogen and oxygen atoms in total. The minimum Gasteiger partial charge on any atom is -0.495 e. The molecule has 0 fully saturated rings. The van der Waals surface area contributed by atoms with Gasteiger partial charge < -0.3 is 15.8 Å². The highest BCUT2D eigenvalue weighted by Gasteiger charge is 2.11. The van der Waals surface area contributed by atoms with Crippen molar-refractivity contribution in [3.8, 4) is 5.75 Å². The second-order valence-electron chi connectivity index (χ2n) is 4.31. The van der Waals surface area contributed by atoms with Crippen LogP contribution in [-0.2, 0) is 0 Å². The molecule has 2 rings (SSSR count). The summed E-state index contributed by atoms with van der Waals surface area (Å²) in [5, 5.41) is 4.09. The number of methoxy groups -OCH3 is 1. The molecule has 0 bridgehead atoms. The molecule has 0 radical (unpaired) electrons. The first-order valence-corrected chi connectivity index (χ1v) is 6.44. The molecule has 0 amide bonds. The molecule has 4 heteroatoms. The number of nitrogens with one attached hydrogen (secondary N) is 1. The quantitative estimate of drug-likeness (QED) is 0.827. The van der Waals surface area contributed by atoms with Gasteiger partial charge in [-0.15, -0.1) is 0 Å². The number of benzene rings is 2. The Kier molecular flexibility index (Phi) is 4.17. The minimum absolute atomic E-state index is 0.0584. The van der Waals surface area contributed by atoms with E-state index in [-0.39, 0.29) is 6.04 Å². The van der Waals surface area contributed by atoms with Gasteiger partial charge in [0.25, 0.3) is 0 Å². The molecule has 1 atom stereocenters. The van der Waals surface area contributed by atoms with Crippen molar-refractivity contribution in [1.82, 2.24) is 0 Å². The Morgan fingerprint density at radius 1 is 1.16 bits per heavy atom. The monoisotopic (exact) mass is 276 g/mol. The number of rotatable bonds is 4. The van der Waals surface area contributed by atoms with Gasteiger partial charge in [0.15, 0.2) is 0 Å². The van der Waals surface area contributed by atoms with E-state index in [0.29, 0.717) is 11.4 Å². The number of ether oxygens (including phenoxy) is 1. The third-order valence-corrected chi connectivity index (χ3v) is 3.37. The van der Waals surface area contributed by atoms with Crippen LogP contribution in [0.3, 0.4) is 0 Å². The van der Waals surface area contributed by atoms with Crippen LogP contribution in [-0.4, -0.2) is 7.11 Å². The largest absolute Gasteiger partial charge is 0.495 e. The lowest BCUT2D eigenvalue weighted by atomic mass is 10.1. The van der Waals surface area contributed by atoms with E-state index in [1.807, 2.05) is 49.4 Å². The zero-order chi connectivity index (χ0) is 13.8. The van der Waals surface area contributed by atoms with Crippen molar-refractivity contribution in [2.75, 3.05) is 18.2 Å². The van der Waals surface area contributed by atoms with E-state index in [2.05, 4.69) is 5.32 Å². The van der Waals surface area contributed by atoms with Gasteiger partial charge in [0.2, 0.25) is 0 Å². The highest BCUT2D eigenvalue weighted by atomic mass is 35.5. The molecular formula is C15H17ClN2O. The van der Waals surface area contributed by atoms with E-state index in [1.54, 1.807) is 7.11 Å². The van der Waals surface area contributed by atoms with Crippen LogP contribution in [0.1, 0.15) is 18.5 Å². The summed E-state index contributed by atoms with van der Waals surface area (Å²) in [5.74, 6) is 0.663. The Labute approximate surface area is 118 Å². The molecule has 2 aromatic carbocycles. The van der Waals surface area contributed by atoms with Gasteiger partial charge in [-0.2, -0.15) is 0 Å². The zero-order valence-corrected chi connectivity index (χ0v) is 11.7. The normalized spacial score (nSPS) is 11.9. The fraction of sp³-hybridized carbons (Fsp3) is 0.200. The molecule has 3 N–H and O–H groups in total. The molecule has 100 valence electrons. The van der Waals surface area contributed by atoms with E-state index >= 15 is 0 Å². The predicted octanol–water partition coefficient (Wildman–Crippen LogP) is 4.10. The lowest BCUT2D eigenvalue weighted by molar-refractivity contribution is 0.417. The smallest absolute Gasteiger partial charge is 0.143 e. The molecule has 1 unspecified atom stereocenters. The first-order valence-electron chi connectivity index (χ1n) is 6.07. The van der Waals surface area contributed by atoms with E-state index in [9.17, 15) is 0 Å². The number of para-hydroxylation sites is 1. The number of hydrogen-bond donors (Lipinski definition) is 2. The predicted molar refractivity (Wildman–Crippen MR) is 80.9 cm³/mol. The molecule has 0 aromatic heterocycles. The third-order valence-electron chi connectivity index (χ3n) is 3.03. The summed E-state index contributed by atoms with van der Waals surface area (Å²) < 4.78 is 5.21. The Bertz CT molecular complexity index is 572. The van der Waals surface area contributed by atoms with Gasteiger partial charge in [-0.1, -0.05) is 35.9 Å². The van der Waals surface area contributed by atoms with Crippen LogP contribution < -0.4 is 15.8 Å². The second-order valence-corrected chi connectivity index (χ2v) is 4.72. The zero-order valence-electron chi connectivity index (χ0n) is 11.0. The second kappa shape index (κ2) is 5.85. The number of anilines is 2. The summed E-state index contributed by atoms with van der Waals surface area (Å²) in [6.45, 7) is 2.04. The Morgan fingerprint density at radius 2 is 1.89 bits per heavy atom. The van der Waals surface area contributed by atoms with Gasteiger partial charge in [-0.3, -0.25) is 0 Å². The number of nitrogen functional groups attached to an aromatic ring is 1. The average Bonchev–Trinajstić information content (AvgIpc) is 2.41. The molecule has 0 aliphatic carbocycles. The van der Waals surface area contributed by atoms with Gasteiger partial charge in [0.1, 0.15) is 5.75 Å². The Balaban J connectivity index is 2.24. The van der Waals surface area contributed by atoms with Crippen molar-refractivity contribution < 1.29 is 4.74 Å². The highest BCUT2D eigenvalue weighted by molar-refractivity contribution is 6.31. The van der Waals surface area contributed by atoms with E-state index in [1.165, 1.54) is 0 Å². The first-order chi connectivity index (χ1) is 9.13. The van der Waals surface area contributed by atoms with Crippen molar-refractivity contribution in [2.45, 2.75) is 13.0 Å². The van der Waals surface area contributed by atoms with Crippen LogP contribution in [0.15, 0.2) is 42.5 Å². The Hall–Kier alpha value is -1.87. The van der Waals surface area contributed by atoms with Crippen molar-refractivity contribution in [2.24, 2.45) is 0 Å². The molecule has 0 aliphatic rings. The third kappa shape index (κ3) is 2.93. The highest BCUT2D eigenvalue weighted by Crippen LogP contribution is 2.32. The Morgan fingerprint density at radius 3 is 2.58 bits per heavy atom. The van der Waals surface area contributed by atoms with Crippen molar-refractivity contribution >= 4 is 23.0 Å². The molecule has 2 aromatic rings. The summed E-state index contributed by atoms with van der Waals surface area (Å²) in [5.41, 5.74) is 8.51. The molecule has 0 spiro atoms. The lowest BCUT2D eigenvalue weighted by Gasteiger charge is -2.19.